The number of benzene rings is 2. The standard InChI is InChI=1S/C16H12BrN5O2S2/c17-12-6-4-11(5-7-12)9-22-10-13(8-18-22)21-26(23,24)15-3-1-2-14-16(15)20-25-19-14/h1-8,10,21H,9H2. The summed E-state index contributed by atoms with van der Waals surface area (Å²) in [5.41, 5.74) is 2.38. The third-order valence-corrected chi connectivity index (χ3v) is 6.17. The van der Waals surface area contributed by atoms with E-state index in [1.54, 1.807) is 23.0 Å². The summed E-state index contributed by atoms with van der Waals surface area (Å²) < 4.78 is 38.8. The van der Waals surface area contributed by atoms with E-state index in [1.165, 1.54) is 12.3 Å². The molecule has 1 N–H and O–H groups in total. The van der Waals surface area contributed by atoms with Crippen LogP contribution in [0.5, 0.6) is 0 Å². The predicted molar refractivity (Wildman–Crippen MR) is 104 cm³/mol. The van der Waals surface area contributed by atoms with Gasteiger partial charge in [-0.1, -0.05) is 34.1 Å². The van der Waals surface area contributed by atoms with Crippen molar-refractivity contribution in [2.24, 2.45) is 0 Å². The summed E-state index contributed by atoms with van der Waals surface area (Å²) in [5.74, 6) is 0. The van der Waals surface area contributed by atoms with Gasteiger partial charge in [-0.25, -0.2) is 8.42 Å². The average molecular weight is 450 g/mol. The normalized spacial score (nSPS) is 11.7. The number of sulfonamides is 1. The third kappa shape index (κ3) is 3.48. The van der Waals surface area contributed by atoms with Gasteiger partial charge in [-0.2, -0.15) is 13.8 Å². The second-order valence-electron chi connectivity index (χ2n) is 5.55. The van der Waals surface area contributed by atoms with Gasteiger partial charge in [0.25, 0.3) is 10.0 Å². The smallest absolute Gasteiger partial charge is 0.264 e. The van der Waals surface area contributed by atoms with Gasteiger partial charge in [0, 0.05) is 10.7 Å². The number of rotatable bonds is 5. The van der Waals surface area contributed by atoms with E-state index >= 15 is 0 Å². The van der Waals surface area contributed by atoms with E-state index in [9.17, 15) is 8.42 Å². The Kier molecular flexibility index (Phi) is 4.47. The molecule has 7 nitrogen and oxygen atoms in total. The zero-order valence-corrected chi connectivity index (χ0v) is 16.4. The SMILES string of the molecule is O=S(=O)(Nc1cnn(Cc2ccc(Br)cc2)c1)c1cccc2nsnc12. The van der Waals surface area contributed by atoms with Gasteiger partial charge in [0.05, 0.1) is 30.2 Å². The molecule has 0 aliphatic rings. The highest BCUT2D eigenvalue weighted by molar-refractivity contribution is 9.10. The summed E-state index contributed by atoms with van der Waals surface area (Å²) in [4.78, 5) is 0.101. The van der Waals surface area contributed by atoms with Crippen LogP contribution in [0.2, 0.25) is 0 Å². The molecule has 0 fully saturated rings. The van der Waals surface area contributed by atoms with Crippen molar-refractivity contribution in [2.45, 2.75) is 11.4 Å². The van der Waals surface area contributed by atoms with Crippen LogP contribution in [-0.4, -0.2) is 26.9 Å². The lowest BCUT2D eigenvalue weighted by Crippen LogP contribution is -2.13. The van der Waals surface area contributed by atoms with Gasteiger partial charge in [0.2, 0.25) is 0 Å². The number of fused-ring (bicyclic) bond motifs is 1. The lowest BCUT2D eigenvalue weighted by molar-refractivity contribution is 0.602. The Balaban J connectivity index is 1.56. The van der Waals surface area contributed by atoms with Crippen LogP contribution in [0.25, 0.3) is 11.0 Å². The van der Waals surface area contributed by atoms with Crippen LogP contribution in [0.4, 0.5) is 5.69 Å². The van der Waals surface area contributed by atoms with E-state index in [0.29, 0.717) is 23.3 Å². The molecule has 0 saturated heterocycles. The molecule has 0 amide bonds. The summed E-state index contributed by atoms with van der Waals surface area (Å²) in [6.07, 6.45) is 3.13. The molecule has 4 rings (SSSR count). The number of hydrogen-bond acceptors (Lipinski definition) is 6. The maximum absolute atomic E-state index is 12.7. The summed E-state index contributed by atoms with van der Waals surface area (Å²) >= 11 is 4.38. The Morgan fingerprint density at radius 2 is 1.92 bits per heavy atom. The Bertz CT molecular complexity index is 1170. The second kappa shape index (κ2) is 6.78. The van der Waals surface area contributed by atoms with Crippen molar-refractivity contribution in [3.8, 4) is 0 Å². The second-order valence-corrected chi connectivity index (χ2v) is 8.64. The topological polar surface area (TPSA) is 89.8 Å². The van der Waals surface area contributed by atoms with Crippen LogP contribution >= 0.6 is 27.7 Å². The van der Waals surface area contributed by atoms with Crippen LogP contribution in [0.3, 0.4) is 0 Å². The molecule has 0 aliphatic heterocycles. The minimum Gasteiger partial charge on any atom is -0.276 e. The molecular formula is C16H12BrN5O2S2. The summed E-state index contributed by atoms with van der Waals surface area (Å²) in [6, 6.07) is 12.7. The molecular weight excluding hydrogens is 438 g/mol. The monoisotopic (exact) mass is 449 g/mol. The van der Waals surface area contributed by atoms with Gasteiger partial charge in [-0.15, -0.1) is 0 Å². The van der Waals surface area contributed by atoms with Crippen LogP contribution in [-0.2, 0) is 16.6 Å². The van der Waals surface area contributed by atoms with Gasteiger partial charge in [0.1, 0.15) is 15.9 Å². The van der Waals surface area contributed by atoms with E-state index in [0.717, 1.165) is 21.8 Å². The van der Waals surface area contributed by atoms with Gasteiger partial charge in [-0.3, -0.25) is 9.40 Å². The van der Waals surface area contributed by atoms with E-state index in [1.807, 2.05) is 24.3 Å². The van der Waals surface area contributed by atoms with E-state index < -0.39 is 10.0 Å². The summed E-state index contributed by atoms with van der Waals surface area (Å²) in [6.45, 7) is 0.542. The predicted octanol–water partition coefficient (Wildman–Crippen LogP) is 3.50. The Labute approximate surface area is 162 Å². The zero-order chi connectivity index (χ0) is 18.1. The highest BCUT2D eigenvalue weighted by atomic mass is 79.9. The molecule has 26 heavy (non-hydrogen) atoms. The summed E-state index contributed by atoms with van der Waals surface area (Å²) in [7, 11) is -3.78. The molecule has 0 saturated carbocycles. The molecule has 0 spiro atoms. The minimum absolute atomic E-state index is 0.101. The quantitative estimate of drug-likeness (QED) is 0.503. The van der Waals surface area contributed by atoms with Crippen molar-refractivity contribution < 1.29 is 8.42 Å². The van der Waals surface area contributed by atoms with Crippen molar-refractivity contribution in [2.75, 3.05) is 4.72 Å². The van der Waals surface area contributed by atoms with E-state index in [-0.39, 0.29) is 4.90 Å². The highest BCUT2D eigenvalue weighted by Gasteiger charge is 2.20. The first-order valence-electron chi connectivity index (χ1n) is 7.52. The molecule has 2 aromatic carbocycles. The first-order valence-corrected chi connectivity index (χ1v) is 10.5. The molecule has 10 heteroatoms. The maximum Gasteiger partial charge on any atom is 0.264 e. The number of anilines is 1. The fourth-order valence-corrected chi connectivity index (χ4v) is 4.55. The third-order valence-electron chi connectivity index (χ3n) is 3.68. The van der Waals surface area contributed by atoms with Crippen LogP contribution in [0.15, 0.2) is 64.2 Å². The number of hydrogen-bond donors (Lipinski definition) is 1. The Hall–Kier alpha value is -2.30. The van der Waals surface area contributed by atoms with Gasteiger partial charge >= 0.3 is 0 Å². The first-order chi connectivity index (χ1) is 12.5. The molecule has 0 bridgehead atoms. The van der Waals surface area contributed by atoms with Crippen molar-refractivity contribution >= 4 is 54.4 Å². The number of aromatic nitrogens is 4. The lowest BCUT2D eigenvalue weighted by Gasteiger charge is -2.06. The Morgan fingerprint density at radius 3 is 2.73 bits per heavy atom. The molecule has 0 aliphatic carbocycles. The largest absolute Gasteiger partial charge is 0.276 e. The van der Waals surface area contributed by atoms with Crippen molar-refractivity contribution in [1.29, 1.82) is 0 Å². The average Bonchev–Trinajstić information content (AvgIpc) is 3.25. The molecule has 132 valence electrons. The molecule has 0 atom stereocenters. The minimum atomic E-state index is -3.78. The highest BCUT2D eigenvalue weighted by Crippen LogP contribution is 2.23. The molecule has 4 aromatic rings. The molecule has 0 radical (unpaired) electrons. The number of nitrogens with one attached hydrogen (secondary N) is 1. The van der Waals surface area contributed by atoms with Crippen molar-refractivity contribution in [3.05, 3.63) is 64.9 Å². The number of halogens is 1. The summed E-state index contributed by atoms with van der Waals surface area (Å²) in [5, 5.41) is 4.22. The molecule has 0 unspecified atom stereocenters. The lowest BCUT2D eigenvalue weighted by atomic mass is 10.2. The number of nitrogens with zero attached hydrogens (tertiary/aromatic N) is 4. The zero-order valence-electron chi connectivity index (χ0n) is 13.2. The first kappa shape index (κ1) is 17.1. The van der Waals surface area contributed by atoms with Gasteiger partial charge in [0.15, 0.2) is 0 Å². The fourth-order valence-electron chi connectivity index (χ4n) is 2.49. The van der Waals surface area contributed by atoms with Crippen molar-refractivity contribution in [1.82, 2.24) is 18.5 Å². The maximum atomic E-state index is 12.7. The van der Waals surface area contributed by atoms with Crippen LogP contribution in [0.1, 0.15) is 5.56 Å². The van der Waals surface area contributed by atoms with Crippen LogP contribution in [0, 0.1) is 0 Å². The van der Waals surface area contributed by atoms with E-state index in [2.05, 4.69) is 34.5 Å². The van der Waals surface area contributed by atoms with Gasteiger partial charge < -0.3 is 0 Å². The fraction of sp³-hybridized carbons (Fsp3) is 0.0625. The van der Waals surface area contributed by atoms with E-state index in [4.69, 9.17) is 0 Å². The van der Waals surface area contributed by atoms with Crippen molar-refractivity contribution in [3.63, 3.8) is 0 Å². The molecule has 2 heterocycles. The molecule has 2 aromatic heterocycles. The van der Waals surface area contributed by atoms with Crippen LogP contribution < -0.4 is 4.72 Å². The van der Waals surface area contributed by atoms with Gasteiger partial charge in [-0.05, 0) is 29.8 Å². The Morgan fingerprint density at radius 1 is 1.12 bits per heavy atom.